The van der Waals surface area contributed by atoms with Crippen molar-refractivity contribution < 1.29 is 14.7 Å². The zero-order valence-corrected chi connectivity index (χ0v) is 9.61. The molecule has 0 bridgehead atoms. The number of carbonyl (C=O) groups excluding carboxylic acids is 1. The molecule has 1 unspecified atom stereocenters. The molecule has 92 valence electrons. The third kappa shape index (κ3) is 3.75. The van der Waals surface area contributed by atoms with Crippen LogP contribution in [0.3, 0.4) is 0 Å². The summed E-state index contributed by atoms with van der Waals surface area (Å²) < 4.78 is 0. The largest absolute Gasteiger partial charge is 0.481 e. The zero-order valence-electron chi connectivity index (χ0n) is 9.61. The van der Waals surface area contributed by atoms with Gasteiger partial charge in [-0.05, 0) is 13.8 Å². The fourth-order valence-electron chi connectivity index (χ4n) is 1.37. The van der Waals surface area contributed by atoms with Gasteiger partial charge in [0, 0.05) is 24.0 Å². The first-order valence-electron chi connectivity index (χ1n) is 5.12. The number of nitrogens with one attached hydrogen (secondary N) is 2. The fourth-order valence-corrected chi connectivity index (χ4v) is 1.37. The van der Waals surface area contributed by atoms with Crippen LogP contribution >= 0.6 is 0 Å². The Kier molecular flexibility index (Phi) is 4.03. The van der Waals surface area contributed by atoms with Gasteiger partial charge in [-0.2, -0.15) is 0 Å². The van der Waals surface area contributed by atoms with Crippen LogP contribution in [0.2, 0.25) is 0 Å². The Hall–Kier alpha value is -2.11. The van der Waals surface area contributed by atoms with E-state index < -0.39 is 17.9 Å². The van der Waals surface area contributed by atoms with Gasteiger partial charge in [0.2, 0.25) is 0 Å². The number of aliphatic carboxylic acids is 1. The second-order valence-corrected chi connectivity index (χ2v) is 3.87. The number of carboxylic acids is 1. The highest BCUT2D eigenvalue weighted by Gasteiger charge is 2.14. The number of H-pyrrole nitrogens is 1. The summed E-state index contributed by atoms with van der Waals surface area (Å²) in [5.41, 5.74) is 0.249. The molecule has 1 aromatic heterocycles. The van der Waals surface area contributed by atoms with Crippen molar-refractivity contribution in [2.75, 3.05) is 0 Å². The number of carbonyl (C=O) groups is 2. The van der Waals surface area contributed by atoms with Crippen LogP contribution in [0.15, 0.2) is 17.1 Å². The molecular weight excluding hydrogens is 224 g/mol. The number of hydrogen-bond acceptors (Lipinski definition) is 3. The van der Waals surface area contributed by atoms with Crippen LogP contribution < -0.4 is 10.7 Å². The Labute approximate surface area is 97.7 Å². The van der Waals surface area contributed by atoms with Crippen LogP contribution in [-0.2, 0) is 4.79 Å². The molecule has 17 heavy (non-hydrogen) atoms. The van der Waals surface area contributed by atoms with Gasteiger partial charge in [-0.15, -0.1) is 0 Å². The molecular formula is C11H14N2O4. The zero-order chi connectivity index (χ0) is 13.0. The smallest absolute Gasteiger partial charge is 0.305 e. The van der Waals surface area contributed by atoms with Crippen LogP contribution in [-0.4, -0.2) is 28.0 Å². The van der Waals surface area contributed by atoms with E-state index in [4.69, 9.17) is 5.11 Å². The molecule has 6 nitrogen and oxygen atoms in total. The standard InChI is InChI=1S/C11H14N2O4/c1-6-3-9(14)8(5-12-6)11(17)13-7(2)4-10(15)16/h3,5,7H,4H2,1-2H3,(H,12,14)(H,13,17)(H,15,16). The van der Waals surface area contributed by atoms with E-state index in [1.807, 2.05) is 0 Å². The predicted molar refractivity (Wildman–Crippen MR) is 61.0 cm³/mol. The number of aryl methyl sites for hydroxylation is 1. The van der Waals surface area contributed by atoms with Gasteiger partial charge in [0.1, 0.15) is 5.56 Å². The molecule has 0 aliphatic carbocycles. The summed E-state index contributed by atoms with van der Waals surface area (Å²) in [5.74, 6) is -1.57. The molecule has 6 heteroatoms. The van der Waals surface area contributed by atoms with E-state index in [-0.39, 0.29) is 17.4 Å². The average Bonchev–Trinajstić information content (AvgIpc) is 2.15. The molecule has 1 heterocycles. The average molecular weight is 238 g/mol. The normalized spacial score (nSPS) is 11.9. The highest BCUT2D eigenvalue weighted by Crippen LogP contribution is 1.96. The summed E-state index contributed by atoms with van der Waals surface area (Å²) in [6.45, 7) is 3.27. The maximum Gasteiger partial charge on any atom is 0.305 e. The maximum atomic E-state index is 11.6. The number of hydrogen-bond donors (Lipinski definition) is 3. The minimum atomic E-state index is -1.00. The molecule has 0 radical (unpaired) electrons. The van der Waals surface area contributed by atoms with Crippen molar-refractivity contribution in [1.29, 1.82) is 0 Å². The summed E-state index contributed by atoms with van der Waals surface area (Å²) in [4.78, 5) is 36.3. The molecule has 3 N–H and O–H groups in total. The van der Waals surface area contributed by atoms with Crippen LogP contribution in [0.4, 0.5) is 0 Å². The second kappa shape index (κ2) is 5.29. The lowest BCUT2D eigenvalue weighted by Gasteiger charge is -2.11. The van der Waals surface area contributed by atoms with Crippen molar-refractivity contribution >= 4 is 11.9 Å². The van der Waals surface area contributed by atoms with Crippen molar-refractivity contribution in [1.82, 2.24) is 10.3 Å². The van der Waals surface area contributed by atoms with Gasteiger partial charge >= 0.3 is 5.97 Å². The van der Waals surface area contributed by atoms with E-state index >= 15 is 0 Å². The highest BCUT2D eigenvalue weighted by molar-refractivity contribution is 5.94. The topological polar surface area (TPSA) is 99.3 Å². The lowest BCUT2D eigenvalue weighted by Crippen LogP contribution is -2.36. The van der Waals surface area contributed by atoms with Gasteiger partial charge in [-0.1, -0.05) is 0 Å². The van der Waals surface area contributed by atoms with Gasteiger partial charge in [-0.25, -0.2) is 0 Å². The molecule has 0 saturated carbocycles. The summed E-state index contributed by atoms with van der Waals surface area (Å²) in [7, 11) is 0. The molecule has 0 spiro atoms. The number of carboxylic acid groups (broad SMARTS) is 1. The van der Waals surface area contributed by atoms with E-state index in [9.17, 15) is 14.4 Å². The first-order valence-corrected chi connectivity index (χ1v) is 5.12. The van der Waals surface area contributed by atoms with Crippen LogP contribution in [0.1, 0.15) is 29.4 Å². The number of aromatic nitrogens is 1. The SMILES string of the molecule is Cc1cc(=O)c(C(=O)NC(C)CC(=O)O)c[nH]1. The minimum absolute atomic E-state index is 0.0205. The van der Waals surface area contributed by atoms with Crippen molar-refractivity contribution in [2.24, 2.45) is 0 Å². The minimum Gasteiger partial charge on any atom is -0.481 e. The molecule has 1 aromatic rings. The monoisotopic (exact) mass is 238 g/mol. The van der Waals surface area contributed by atoms with Gasteiger partial charge in [0.15, 0.2) is 5.43 Å². The lowest BCUT2D eigenvalue weighted by atomic mass is 10.2. The summed E-state index contributed by atoms with van der Waals surface area (Å²) in [6, 6.07) is 0.789. The molecule has 0 aliphatic rings. The molecule has 0 fully saturated rings. The van der Waals surface area contributed by atoms with Crippen molar-refractivity contribution in [3.05, 3.63) is 33.7 Å². The molecule has 0 aromatic carbocycles. The summed E-state index contributed by atoms with van der Waals surface area (Å²) in [6.07, 6.45) is 1.13. The molecule has 1 atom stereocenters. The van der Waals surface area contributed by atoms with E-state index in [0.717, 1.165) is 0 Å². The van der Waals surface area contributed by atoms with Crippen LogP contribution in [0, 0.1) is 6.92 Å². The Balaban J connectivity index is 2.77. The summed E-state index contributed by atoms with van der Waals surface area (Å²) in [5, 5.41) is 11.0. The molecule has 1 rings (SSSR count). The maximum absolute atomic E-state index is 11.6. The van der Waals surface area contributed by atoms with Crippen LogP contribution in [0.25, 0.3) is 0 Å². The first-order chi connectivity index (χ1) is 7.90. The van der Waals surface area contributed by atoms with E-state index in [0.29, 0.717) is 5.69 Å². The Morgan fingerprint density at radius 2 is 2.18 bits per heavy atom. The van der Waals surface area contributed by atoms with Gasteiger partial charge in [0.05, 0.1) is 6.42 Å². The van der Waals surface area contributed by atoms with Crippen LogP contribution in [0.5, 0.6) is 0 Å². The van der Waals surface area contributed by atoms with Crippen molar-refractivity contribution in [3.63, 3.8) is 0 Å². The van der Waals surface area contributed by atoms with E-state index in [1.165, 1.54) is 12.3 Å². The molecule has 1 amide bonds. The third-order valence-electron chi connectivity index (χ3n) is 2.16. The third-order valence-corrected chi connectivity index (χ3v) is 2.16. The number of aromatic amines is 1. The lowest BCUT2D eigenvalue weighted by molar-refractivity contribution is -0.137. The summed E-state index contributed by atoms with van der Waals surface area (Å²) >= 11 is 0. The predicted octanol–water partition coefficient (Wildman–Crippen LogP) is 0.276. The van der Waals surface area contributed by atoms with Gasteiger partial charge in [0.25, 0.3) is 5.91 Å². The first kappa shape index (κ1) is 13.0. The quantitative estimate of drug-likeness (QED) is 0.701. The Morgan fingerprint density at radius 1 is 1.53 bits per heavy atom. The van der Waals surface area contributed by atoms with E-state index in [1.54, 1.807) is 13.8 Å². The molecule has 0 aliphatic heterocycles. The fraction of sp³-hybridized carbons (Fsp3) is 0.364. The Bertz CT molecular complexity index is 492. The van der Waals surface area contributed by atoms with Crippen molar-refractivity contribution in [3.8, 4) is 0 Å². The molecule has 0 saturated heterocycles. The number of amides is 1. The van der Waals surface area contributed by atoms with Gasteiger partial charge in [-0.3, -0.25) is 14.4 Å². The van der Waals surface area contributed by atoms with E-state index in [2.05, 4.69) is 10.3 Å². The Morgan fingerprint density at radius 3 is 2.71 bits per heavy atom. The second-order valence-electron chi connectivity index (χ2n) is 3.87. The van der Waals surface area contributed by atoms with Crippen molar-refractivity contribution in [2.45, 2.75) is 26.3 Å². The highest BCUT2D eigenvalue weighted by atomic mass is 16.4. The van der Waals surface area contributed by atoms with Gasteiger partial charge < -0.3 is 15.4 Å². The number of rotatable bonds is 4. The number of pyridine rings is 1.